The highest BCUT2D eigenvalue weighted by molar-refractivity contribution is 7.80. The van der Waals surface area contributed by atoms with Crippen LogP contribution in [0.25, 0.3) is 10.8 Å². The maximum absolute atomic E-state index is 12.4. The fraction of sp³-hybridized carbons (Fsp3) is 0.100. The predicted molar refractivity (Wildman–Crippen MR) is 104 cm³/mol. The molecule has 0 radical (unpaired) electrons. The molecule has 1 amide bonds. The molecule has 0 spiro atoms. The molecule has 3 aromatic carbocycles. The van der Waals surface area contributed by atoms with Crippen LogP contribution in [0.3, 0.4) is 0 Å². The summed E-state index contributed by atoms with van der Waals surface area (Å²) in [5.41, 5.74) is 3.58. The lowest BCUT2D eigenvalue weighted by Crippen LogP contribution is -2.34. The van der Waals surface area contributed by atoms with Gasteiger partial charge in [0.1, 0.15) is 0 Å². The van der Waals surface area contributed by atoms with Crippen molar-refractivity contribution in [3.63, 3.8) is 0 Å². The average Bonchev–Trinajstić information content (AvgIpc) is 2.54. The number of aryl methyl sites for hydroxylation is 2. The molecule has 0 aliphatic carbocycles. The normalized spacial score (nSPS) is 10.4. The SMILES string of the molecule is Cc1cc(C)cc(C(=O)NC(=S)Nc2cccc3ccccc23)c1. The third-order valence-electron chi connectivity index (χ3n) is 3.75. The average molecular weight is 334 g/mol. The van der Waals surface area contributed by atoms with Crippen molar-refractivity contribution in [2.75, 3.05) is 5.32 Å². The number of anilines is 1. The van der Waals surface area contributed by atoms with Crippen LogP contribution in [0.5, 0.6) is 0 Å². The largest absolute Gasteiger partial charge is 0.332 e. The van der Waals surface area contributed by atoms with E-state index in [4.69, 9.17) is 12.2 Å². The van der Waals surface area contributed by atoms with Crippen molar-refractivity contribution in [2.24, 2.45) is 0 Å². The standard InChI is InChI=1S/C20H18N2OS/c1-13-10-14(2)12-16(11-13)19(23)22-20(24)21-18-9-5-7-15-6-3-4-8-17(15)18/h3-12H,1-2H3,(H2,21,22,23,24). The van der Waals surface area contributed by atoms with E-state index in [0.29, 0.717) is 5.56 Å². The molecule has 0 fully saturated rings. The molecule has 0 atom stereocenters. The van der Waals surface area contributed by atoms with Gasteiger partial charge in [-0.05, 0) is 49.7 Å². The van der Waals surface area contributed by atoms with Gasteiger partial charge in [-0.25, -0.2) is 0 Å². The van der Waals surface area contributed by atoms with Crippen molar-refractivity contribution in [3.8, 4) is 0 Å². The summed E-state index contributed by atoms with van der Waals surface area (Å²) in [4.78, 5) is 12.4. The van der Waals surface area contributed by atoms with E-state index in [1.54, 1.807) is 0 Å². The first kappa shape index (κ1) is 16.1. The molecule has 0 aliphatic rings. The van der Waals surface area contributed by atoms with Gasteiger partial charge in [0.15, 0.2) is 5.11 Å². The zero-order chi connectivity index (χ0) is 17.1. The third kappa shape index (κ3) is 3.60. The fourth-order valence-corrected chi connectivity index (χ4v) is 2.97. The van der Waals surface area contributed by atoms with Gasteiger partial charge in [-0.2, -0.15) is 0 Å². The Hall–Kier alpha value is -2.72. The topological polar surface area (TPSA) is 41.1 Å². The second-order valence-corrected chi connectivity index (χ2v) is 6.22. The van der Waals surface area contributed by atoms with Crippen molar-refractivity contribution in [2.45, 2.75) is 13.8 Å². The highest BCUT2D eigenvalue weighted by Gasteiger charge is 2.10. The lowest BCUT2D eigenvalue weighted by molar-refractivity contribution is 0.0977. The number of hydrogen-bond acceptors (Lipinski definition) is 2. The Bertz CT molecular complexity index is 908. The molecule has 3 nitrogen and oxygen atoms in total. The summed E-state index contributed by atoms with van der Waals surface area (Å²) < 4.78 is 0. The van der Waals surface area contributed by atoms with E-state index in [0.717, 1.165) is 27.6 Å². The van der Waals surface area contributed by atoms with Gasteiger partial charge < -0.3 is 5.32 Å². The first-order valence-corrected chi connectivity index (χ1v) is 8.12. The van der Waals surface area contributed by atoms with Crippen LogP contribution in [-0.4, -0.2) is 11.0 Å². The summed E-state index contributed by atoms with van der Waals surface area (Å²) in [7, 11) is 0. The van der Waals surface area contributed by atoms with E-state index in [-0.39, 0.29) is 11.0 Å². The minimum atomic E-state index is -0.209. The van der Waals surface area contributed by atoms with Crippen molar-refractivity contribution < 1.29 is 4.79 Å². The highest BCUT2D eigenvalue weighted by Crippen LogP contribution is 2.22. The van der Waals surface area contributed by atoms with Gasteiger partial charge >= 0.3 is 0 Å². The van der Waals surface area contributed by atoms with E-state index in [1.165, 1.54) is 0 Å². The molecular weight excluding hydrogens is 316 g/mol. The molecule has 0 heterocycles. The predicted octanol–water partition coefficient (Wildman–Crippen LogP) is 4.58. The zero-order valence-corrected chi connectivity index (χ0v) is 14.4. The number of rotatable bonds is 2. The Morgan fingerprint density at radius 1 is 0.917 bits per heavy atom. The van der Waals surface area contributed by atoms with Gasteiger partial charge in [-0.3, -0.25) is 10.1 Å². The van der Waals surface area contributed by atoms with E-state index < -0.39 is 0 Å². The van der Waals surface area contributed by atoms with Crippen LogP contribution in [-0.2, 0) is 0 Å². The summed E-state index contributed by atoms with van der Waals surface area (Å²) in [5.74, 6) is -0.209. The van der Waals surface area contributed by atoms with Crippen molar-refractivity contribution >= 4 is 39.7 Å². The number of thiocarbonyl (C=S) groups is 1. The molecule has 0 aromatic heterocycles. The van der Waals surface area contributed by atoms with Gasteiger partial charge in [-0.15, -0.1) is 0 Å². The van der Waals surface area contributed by atoms with Crippen LogP contribution in [0.4, 0.5) is 5.69 Å². The Kier molecular flexibility index (Phi) is 4.58. The van der Waals surface area contributed by atoms with Crippen LogP contribution in [0.2, 0.25) is 0 Å². The summed E-state index contributed by atoms with van der Waals surface area (Å²) in [6.45, 7) is 3.94. The zero-order valence-electron chi connectivity index (χ0n) is 13.6. The Balaban J connectivity index is 1.76. The van der Waals surface area contributed by atoms with E-state index in [2.05, 4.69) is 10.6 Å². The van der Waals surface area contributed by atoms with Crippen molar-refractivity contribution in [1.82, 2.24) is 5.32 Å². The third-order valence-corrected chi connectivity index (χ3v) is 3.95. The molecule has 0 bridgehead atoms. The summed E-state index contributed by atoms with van der Waals surface area (Å²) in [5, 5.41) is 8.32. The Labute approximate surface area is 146 Å². The number of hydrogen-bond donors (Lipinski definition) is 2. The van der Waals surface area contributed by atoms with Gasteiger partial charge in [-0.1, -0.05) is 53.6 Å². The minimum absolute atomic E-state index is 0.209. The summed E-state index contributed by atoms with van der Waals surface area (Å²) in [6, 6.07) is 19.7. The van der Waals surface area contributed by atoms with Crippen molar-refractivity contribution in [3.05, 3.63) is 77.4 Å². The molecule has 4 heteroatoms. The number of carbonyl (C=O) groups is 1. The van der Waals surface area contributed by atoms with E-state index in [9.17, 15) is 4.79 Å². The lowest BCUT2D eigenvalue weighted by Gasteiger charge is -2.12. The van der Waals surface area contributed by atoms with Gasteiger partial charge in [0.05, 0.1) is 0 Å². The van der Waals surface area contributed by atoms with E-state index in [1.807, 2.05) is 74.5 Å². The number of benzene rings is 3. The highest BCUT2D eigenvalue weighted by atomic mass is 32.1. The van der Waals surface area contributed by atoms with E-state index >= 15 is 0 Å². The quantitative estimate of drug-likeness (QED) is 0.674. The smallest absolute Gasteiger partial charge is 0.257 e. The molecule has 0 saturated heterocycles. The van der Waals surface area contributed by atoms with Gasteiger partial charge in [0.25, 0.3) is 5.91 Å². The van der Waals surface area contributed by atoms with Crippen molar-refractivity contribution in [1.29, 1.82) is 0 Å². The second kappa shape index (κ2) is 6.81. The molecule has 0 unspecified atom stereocenters. The number of amides is 1. The lowest BCUT2D eigenvalue weighted by atomic mass is 10.1. The molecule has 2 N–H and O–H groups in total. The van der Waals surface area contributed by atoms with Crippen LogP contribution in [0.15, 0.2) is 60.7 Å². The van der Waals surface area contributed by atoms with Crippen LogP contribution in [0, 0.1) is 13.8 Å². The molecule has 0 saturated carbocycles. The van der Waals surface area contributed by atoms with Gasteiger partial charge in [0.2, 0.25) is 0 Å². The maximum Gasteiger partial charge on any atom is 0.257 e. The number of fused-ring (bicyclic) bond motifs is 1. The molecule has 120 valence electrons. The first-order valence-electron chi connectivity index (χ1n) is 7.71. The van der Waals surface area contributed by atoms with Crippen LogP contribution >= 0.6 is 12.2 Å². The number of carbonyl (C=O) groups excluding carboxylic acids is 1. The van der Waals surface area contributed by atoms with Crippen LogP contribution < -0.4 is 10.6 Å². The Morgan fingerprint density at radius 2 is 1.58 bits per heavy atom. The monoisotopic (exact) mass is 334 g/mol. The van der Waals surface area contributed by atoms with Gasteiger partial charge in [0, 0.05) is 16.6 Å². The summed E-state index contributed by atoms with van der Waals surface area (Å²) in [6.07, 6.45) is 0. The molecule has 3 rings (SSSR count). The minimum Gasteiger partial charge on any atom is -0.332 e. The summed E-state index contributed by atoms with van der Waals surface area (Å²) >= 11 is 5.30. The number of nitrogens with one attached hydrogen (secondary N) is 2. The first-order chi connectivity index (χ1) is 11.5. The van der Waals surface area contributed by atoms with Crippen LogP contribution in [0.1, 0.15) is 21.5 Å². The second-order valence-electron chi connectivity index (χ2n) is 5.81. The molecule has 3 aromatic rings. The molecular formula is C20H18N2OS. The maximum atomic E-state index is 12.4. The fourth-order valence-electron chi connectivity index (χ4n) is 2.77. The Morgan fingerprint density at radius 3 is 2.33 bits per heavy atom. The molecule has 0 aliphatic heterocycles. The molecule has 24 heavy (non-hydrogen) atoms.